The molecular formula is C16H21NO8S. The molecule has 0 aliphatic heterocycles. The minimum Gasteiger partial charge on any atom is -0.480 e. The van der Waals surface area contributed by atoms with Gasteiger partial charge in [-0.25, -0.2) is 18.0 Å². The van der Waals surface area contributed by atoms with Gasteiger partial charge < -0.3 is 19.9 Å². The Morgan fingerprint density at radius 3 is 2.27 bits per heavy atom. The molecule has 0 spiro atoms. The highest BCUT2D eigenvalue weighted by molar-refractivity contribution is 7.91. The molecule has 1 aromatic rings. The molecule has 0 bridgehead atoms. The Balaban J connectivity index is 2.71. The van der Waals surface area contributed by atoms with Crippen LogP contribution in [0.5, 0.6) is 5.75 Å². The van der Waals surface area contributed by atoms with Gasteiger partial charge in [-0.2, -0.15) is 0 Å². The van der Waals surface area contributed by atoms with Crippen LogP contribution in [0.15, 0.2) is 24.3 Å². The summed E-state index contributed by atoms with van der Waals surface area (Å²) in [6.07, 6.45) is -1.12. The van der Waals surface area contributed by atoms with E-state index in [4.69, 9.17) is 9.84 Å². The predicted octanol–water partition coefficient (Wildman–Crippen LogP) is 1.23. The van der Waals surface area contributed by atoms with Gasteiger partial charge in [-0.3, -0.25) is 4.79 Å². The Morgan fingerprint density at radius 1 is 1.15 bits per heavy atom. The first-order valence-corrected chi connectivity index (χ1v) is 9.69. The summed E-state index contributed by atoms with van der Waals surface area (Å²) in [6, 6.07) is 4.04. The zero-order chi connectivity index (χ0) is 19.7. The van der Waals surface area contributed by atoms with Gasteiger partial charge in [0.1, 0.15) is 21.6 Å². The van der Waals surface area contributed by atoms with Crippen LogP contribution in [0, 0.1) is 0 Å². The minimum absolute atomic E-state index is 0.102. The van der Waals surface area contributed by atoms with Crippen LogP contribution in [0.1, 0.15) is 30.6 Å². The highest BCUT2D eigenvalue weighted by Crippen LogP contribution is 2.13. The molecule has 0 aliphatic carbocycles. The average molecular weight is 387 g/mol. The standard InChI is InChI=1S/C16H21NO8S/c1-3-24-16(21)25-12-7-5-11(6-8-12)14(18)17-13(15(19)20)9-10-26(22,23)4-2/h5-8,13H,3-4,9-10H2,1-2H3,(H,17,18)(H,19,20). The summed E-state index contributed by atoms with van der Waals surface area (Å²) in [6.45, 7) is 3.24. The lowest BCUT2D eigenvalue weighted by molar-refractivity contribution is -0.139. The first kappa shape index (κ1) is 21.4. The zero-order valence-corrected chi connectivity index (χ0v) is 15.2. The lowest BCUT2D eigenvalue weighted by Crippen LogP contribution is -2.42. The molecule has 0 aromatic heterocycles. The molecular weight excluding hydrogens is 366 g/mol. The molecule has 0 radical (unpaired) electrons. The number of rotatable bonds is 9. The van der Waals surface area contributed by atoms with E-state index in [0.29, 0.717) is 0 Å². The number of amides is 1. The molecule has 10 heteroatoms. The molecule has 144 valence electrons. The molecule has 0 fully saturated rings. The highest BCUT2D eigenvalue weighted by Gasteiger charge is 2.23. The van der Waals surface area contributed by atoms with Crippen LogP contribution in [0.2, 0.25) is 0 Å². The number of carbonyl (C=O) groups excluding carboxylic acids is 2. The van der Waals surface area contributed by atoms with Crippen molar-refractivity contribution in [2.45, 2.75) is 26.3 Å². The molecule has 1 rings (SSSR count). The molecule has 1 unspecified atom stereocenters. The SMILES string of the molecule is CCOC(=O)Oc1ccc(C(=O)NC(CCS(=O)(=O)CC)C(=O)O)cc1. The Labute approximate surface area is 151 Å². The Morgan fingerprint density at radius 2 is 1.77 bits per heavy atom. The van der Waals surface area contributed by atoms with Gasteiger partial charge in [0, 0.05) is 11.3 Å². The minimum atomic E-state index is -3.35. The number of hydrogen-bond acceptors (Lipinski definition) is 7. The fraction of sp³-hybridized carbons (Fsp3) is 0.438. The number of hydrogen-bond donors (Lipinski definition) is 2. The monoisotopic (exact) mass is 387 g/mol. The largest absolute Gasteiger partial charge is 0.513 e. The Kier molecular flexibility index (Phi) is 8.04. The molecule has 0 aliphatic rings. The van der Waals surface area contributed by atoms with Crippen molar-refractivity contribution in [3.05, 3.63) is 29.8 Å². The van der Waals surface area contributed by atoms with Crippen molar-refractivity contribution < 1.29 is 37.4 Å². The number of aliphatic carboxylic acids is 1. The van der Waals surface area contributed by atoms with Crippen LogP contribution >= 0.6 is 0 Å². The van der Waals surface area contributed by atoms with Crippen molar-refractivity contribution in [3.63, 3.8) is 0 Å². The third kappa shape index (κ3) is 7.09. The number of sulfone groups is 1. The van der Waals surface area contributed by atoms with Gasteiger partial charge in [0.25, 0.3) is 5.91 Å². The van der Waals surface area contributed by atoms with E-state index in [1.807, 2.05) is 0 Å². The lowest BCUT2D eigenvalue weighted by Gasteiger charge is -2.14. The van der Waals surface area contributed by atoms with E-state index < -0.39 is 33.9 Å². The van der Waals surface area contributed by atoms with E-state index >= 15 is 0 Å². The summed E-state index contributed by atoms with van der Waals surface area (Å²) in [7, 11) is -3.35. The zero-order valence-electron chi connectivity index (χ0n) is 14.4. The molecule has 0 saturated carbocycles. The van der Waals surface area contributed by atoms with Crippen molar-refractivity contribution in [3.8, 4) is 5.75 Å². The van der Waals surface area contributed by atoms with Crippen LogP contribution in [0.25, 0.3) is 0 Å². The van der Waals surface area contributed by atoms with Crippen molar-refractivity contribution in [2.24, 2.45) is 0 Å². The van der Waals surface area contributed by atoms with Gasteiger partial charge in [-0.1, -0.05) is 6.92 Å². The molecule has 26 heavy (non-hydrogen) atoms. The second kappa shape index (κ2) is 9.76. The van der Waals surface area contributed by atoms with Gasteiger partial charge in [0.2, 0.25) is 0 Å². The molecule has 0 saturated heterocycles. The summed E-state index contributed by atoms with van der Waals surface area (Å²) >= 11 is 0. The molecule has 1 atom stereocenters. The van der Waals surface area contributed by atoms with E-state index in [2.05, 4.69) is 10.1 Å². The molecule has 2 N–H and O–H groups in total. The predicted molar refractivity (Wildman–Crippen MR) is 91.9 cm³/mol. The van der Waals surface area contributed by atoms with Gasteiger partial charge in [-0.15, -0.1) is 0 Å². The summed E-state index contributed by atoms with van der Waals surface area (Å²) in [5.41, 5.74) is 0.130. The first-order valence-electron chi connectivity index (χ1n) is 7.87. The smallest absolute Gasteiger partial charge is 0.480 e. The topological polar surface area (TPSA) is 136 Å². The molecule has 1 aromatic carbocycles. The summed E-state index contributed by atoms with van der Waals surface area (Å²) in [4.78, 5) is 34.6. The first-order chi connectivity index (χ1) is 12.2. The van der Waals surface area contributed by atoms with Crippen LogP contribution < -0.4 is 10.1 Å². The van der Waals surface area contributed by atoms with Crippen LogP contribution in [0.4, 0.5) is 4.79 Å². The quantitative estimate of drug-likeness (QED) is 0.477. The summed E-state index contributed by atoms with van der Waals surface area (Å²) in [5, 5.41) is 11.4. The fourth-order valence-corrected chi connectivity index (χ4v) is 2.74. The normalized spacial score (nSPS) is 12.1. The van der Waals surface area contributed by atoms with E-state index in [9.17, 15) is 22.8 Å². The van der Waals surface area contributed by atoms with E-state index in [-0.39, 0.29) is 35.8 Å². The van der Waals surface area contributed by atoms with Crippen LogP contribution in [-0.4, -0.2) is 55.7 Å². The van der Waals surface area contributed by atoms with E-state index in [1.54, 1.807) is 6.92 Å². The van der Waals surface area contributed by atoms with E-state index in [0.717, 1.165) is 0 Å². The van der Waals surface area contributed by atoms with Gasteiger partial charge in [-0.05, 0) is 37.6 Å². The van der Waals surface area contributed by atoms with Crippen molar-refractivity contribution in [1.29, 1.82) is 0 Å². The third-order valence-corrected chi connectivity index (χ3v) is 5.08. The molecule has 0 heterocycles. The van der Waals surface area contributed by atoms with Gasteiger partial charge in [0.05, 0.1) is 12.4 Å². The van der Waals surface area contributed by atoms with Gasteiger partial charge in [0.15, 0.2) is 0 Å². The highest BCUT2D eigenvalue weighted by atomic mass is 32.2. The number of carbonyl (C=O) groups is 3. The number of ether oxygens (including phenoxy) is 2. The molecule has 1 amide bonds. The lowest BCUT2D eigenvalue weighted by atomic mass is 10.1. The maximum Gasteiger partial charge on any atom is 0.513 e. The average Bonchev–Trinajstić information content (AvgIpc) is 2.59. The molecule has 9 nitrogen and oxygen atoms in total. The third-order valence-electron chi connectivity index (χ3n) is 3.34. The second-order valence-corrected chi connectivity index (χ2v) is 7.67. The maximum atomic E-state index is 12.1. The van der Waals surface area contributed by atoms with Crippen LogP contribution in [0.3, 0.4) is 0 Å². The number of carboxylic acid groups (broad SMARTS) is 1. The van der Waals surface area contributed by atoms with Crippen molar-refractivity contribution in [2.75, 3.05) is 18.1 Å². The Bertz CT molecular complexity index is 742. The van der Waals surface area contributed by atoms with Crippen LogP contribution in [-0.2, 0) is 19.4 Å². The maximum absolute atomic E-state index is 12.1. The number of benzene rings is 1. The van der Waals surface area contributed by atoms with Gasteiger partial charge >= 0.3 is 12.1 Å². The number of carboxylic acids is 1. The number of nitrogens with one attached hydrogen (secondary N) is 1. The van der Waals surface area contributed by atoms with E-state index in [1.165, 1.54) is 31.2 Å². The Hall–Kier alpha value is -2.62. The van der Waals surface area contributed by atoms with Crippen molar-refractivity contribution in [1.82, 2.24) is 5.32 Å². The van der Waals surface area contributed by atoms with Crippen molar-refractivity contribution >= 4 is 27.9 Å². The fourth-order valence-electron chi connectivity index (χ4n) is 1.86. The second-order valence-electron chi connectivity index (χ2n) is 5.20. The summed E-state index contributed by atoms with van der Waals surface area (Å²) < 4.78 is 32.4. The summed E-state index contributed by atoms with van der Waals surface area (Å²) in [5.74, 6) is -2.30.